The van der Waals surface area contributed by atoms with Crippen molar-refractivity contribution in [2.45, 2.75) is 6.92 Å². The van der Waals surface area contributed by atoms with Crippen LogP contribution in [0.4, 0.5) is 11.4 Å². The number of nitrogens with one attached hydrogen (secondary N) is 3. The molecule has 0 bridgehead atoms. The van der Waals surface area contributed by atoms with Crippen LogP contribution in [0.1, 0.15) is 15.9 Å². The Labute approximate surface area is 172 Å². The molecule has 0 heterocycles. The van der Waals surface area contributed by atoms with Gasteiger partial charge >= 0.3 is 0 Å². The molecule has 0 saturated carbocycles. The average molecular weight is 447 g/mol. The fourth-order valence-electron chi connectivity index (χ4n) is 2.59. The summed E-state index contributed by atoms with van der Waals surface area (Å²) in [7, 11) is 3.23. The third-order valence-corrected chi connectivity index (χ3v) is 4.42. The number of carbonyl (C=O) groups is 3. The van der Waals surface area contributed by atoms with Crippen molar-refractivity contribution in [1.29, 1.82) is 0 Å². The van der Waals surface area contributed by atoms with Gasteiger partial charge in [-0.05, 0) is 55.9 Å². The van der Waals surface area contributed by atoms with E-state index in [-0.39, 0.29) is 30.8 Å². The molecule has 28 heavy (non-hydrogen) atoms. The number of rotatable bonds is 7. The minimum absolute atomic E-state index is 0.0386. The highest BCUT2D eigenvalue weighted by molar-refractivity contribution is 9.10. The number of likely N-dealkylation sites (N-methyl/N-ethyl adjacent to an activating group) is 1. The van der Waals surface area contributed by atoms with E-state index in [9.17, 15) is 14.4 Å². The first-order chi connectivity index (χ1) is 13.3. The van der Waals surface area contributed by atoms with Gasteiger partial charge in [-0.1, -0.05) is 22.0 Å². The number of hydrogen-bond donors (Lipinski definition) is 3. The van der Waals surface area contributed by atoms with E-state index in [1.165, 1.54) is 0 Å². The Morgan fingerprint density at radius 2 is 1.68 bits per heavy atom. The van der Waals surface area contributed by atoms with Crippen LogP contribution in [0.25, 0.3) is 0 Å². The molecule has 3 amide bonds. The SMILES string of the molecule is CNC(=O)c1cccc(NC(=O)CN(C)CC(=O)Nc2ccc(Br)cc2C)c1. The fraction of sp³-hybridized carbons (Fsp3) is 0.250. The van der Waals surface area contributed by atoms with Crippen molar-refractivity contribution in [1.82, 2.24) is 10.2 Å². The van der Waals surface area contributed by atoms with Crippen molar-refractivity contribution in [3.05, 3.63) is 58.1 Å². The lowest BCUT2D eigenvalue weighted by atomic mass is 10.2. The van der Waals surface area contributed by atoms with E-state index in [0.717, 1.165) is 15.7 Å². The first kappa shape index (κ1) is 21.6. The summed E-state index contributed by atoms with van der Waals surface area (Å²) in [5.41, 5.74) is 2.66. The van der Waals surface area contributed by atoms with E-state index in [1.54, 1.807) is 43.3 Å². The van der Waals surface area contributed by atoms with Crippen LogP contribution in [0.2, 0.25) is 0 Å². The van der Waals surface area contributed by atoms with Crippen LogP contribution in [0.3, 0.4) is 0 Å². The van der Waals surface area contributed by atoms with Crippen LogP contribution in [0.5, 0.6) is 0 Å². The van der Waals surface area contributed by atoms with Crippen LogP contribution < -0.4 is 16.0 Å². The summed E-state index contributed by atoms with van der Waals surface area (Å²) >= 11 is 3.39. The molecule has 0 aliphatic rings. The molecule has 0 unspecified atom stereocenters. The molecule has 3 N–H and O–H groups in total. The highest BCUT2D eigenvalue weighted by Crippen LogP contribution is 2.19. The molecule has 0 fully saturated rings. The largest absolute Gasteiger partial charge is 0.355 e. The van der Waals surface area contributed by atoms with Gasteiger partial charge in [0.05, 0.1) is 13.1 Å². The molecular weight excluding hydrogens is 424 g/mol. The van der Waals surface area contributed by atoms with E-state index >= 15 is 0 Å². The molecule has 0 saturated heterocycles. The van der Waals surface area contributed by atoms with Crippen molar-refractivity contribution in [2.24, 2.45) is 0 Å². The summed E-state index contributed by atoms with van der Waals surface area (Å²) in [6.07, 6.45) is 0. The topological polar surface area (TPSA) is 90.5 Å². The number of aryl methyl sites for hydroxylation is 1. The second kappa shape index (κ2) is 10.0. The van der Waals surface area contributed by atoms with Crippen molar-refractivity contribution >= 4 is 45.0 Å². The summed E-state index contributed by atoms with van der Waals surface area (Å²) in [6, 6.07) is 12.2. The Bertz CT molecular complexity index is 886. The van der Waals surface area contributed by atoms with Gasteiger partial charge < -0.3 is 16.0 Å². The fourth-order valence-corrected chi connectivity index (χ4v) is 3.06. The lowest BCUT2D eigenvalue weighted by Crippen LogP contribution is -2.36. The Kier molecular flexibility index (Phi) is 7.71. The number of amides is 3. The summed E-state index contributed by atoms with van der Waals surface area (Å²) in [4.78, 5) is 37.7. The second-order valence-electron chi connectivity index (χ2n) is 6.39. The molecular formula is C20H23BrN4O3. The monoisotopic (exact) mass is 446 g/mol. The minimum Gasteiger partial charge on any atom is -0.355 e. The maximum absolute atomic E-state index is 12.2. The van der Waals surface area contributed by atoms with Crippen LogP contribution in [-0.2, 0) is 9.59 Å². The minimum atomic E-state index is -0.274. The van der Waals surface area contributed by atoms with Crippen molar-refractivity contribution in [3.8, 4) is 0 Å². The Morgan fingerprint density at radius 1 is 1.00 bits per heavy atom. The summed E-state index contributed by atoms with van der Waals surface area (Å²) in [5, 5.41) is 8.11. The highest BCUT2D eigenvalue weighted by Gasteiger charge is 2.13. The average Bonchev–Trinajstić information content (AvgIpc) is 2.63. The first-order valence-corrected chi connectivity index (χ1v) is 9.44. The van der Waals surface area contributed by atoms with E-state index in [2.05, 4.69) is 31.9 Å². The quantitative estimate of drug-likeness (QED) is 0.609. The summed E-state index contributed by atoms with van der Waals surface area (Å²) in [5.74, 6) is -0.709. The molecule has 0 radical (unpaired) electrons. The zero-order valence-electron chi connectivity index (χ0n) is 16.0. The number of carbonyl (C=O) groups excluding carboxylic acids is 3. The van der Waals surface area contributed by atoms with Crippen LogP contribution in [-0.4, -0.2) is 49.8 Å². The van der Waals surface area contributed by atoms with Gasteiger partial charge in [-0.15, -0.1) is 0 Å². The Hall–Kier alpha value is -2.71. The molecule has 2 aromatic rings. The maximum Gasteiger partial charge on any atom is 0.251 e. The zero-order chi connectivity index (χ0) is 20.7. The van der Waals surface area contributed by atoms with Gasteiger partial charge in [0.15, 0.2) is 0 Å². The third-order valence-electron chi connectivity index (χ3n) is 3.93. The zero-order valence-corrected chi connectivity index (χ0v) is 17.6. The number of hydrogen-bond acceptors (Lipinski definition) is 4. The highest BCUT2D eigenvalue weighted by atomic mass is 79.9. The Morgan fingerprint density at radius 3 is 2.32 bits per heavy atom. The predicted octanol–water partition coefficient (Wildman–Crippen LogP) is 2.63. The molecule has 0 aliphatic heterocycles. The van der Waals surface area contributed by atoms with Gasteiger partial charge in [-0.3, -0.25) is 19.3 Å². The number of nitrogens with zero attached hydrogens (tertiary/aromatic N) is 1. The van der Waals surface area contributed by atoms with Crippen molar-refractivity contribution in [2.75, 3.05) is 37.8 Å². The third kappa shape index (κ3) is 6.47. The molecule has 0 aromatic heterocycles. The van der Waals surface area contributed by atoms with E-state index in [0.29, 0.717) is 11.3 Å². The van der Waals surface area contributed by atoms with E-state index in [4.69, 9.17) is 0 Å². The summed E-state index contributed by atoms with van der Waals surface area (Å²) < 4.78 is 0.942. The molecule has 2 rings (SSSR count). The molecule has 0 atom stereocenters. The smallest absolute Gasteiger partial charge is 0.251 e. The number of benzene rings is 2. The number of anilines is 2. The van der Waals surface area contributed by atoms with E-state index in [1.807, 2.05) is 25.1 Å². The maximum atomic E-state index is 12.2. The lowest BCUT2D eigenvalue weighted by molar-refractivity contribution is -0.119. The standard InChI is InChI=1S/C20H23BrN4O3/c1-13-9-15(21)7-8-17(13)24-19(27)12-25(3)11-18(26)23-16-6-4-5-14(10-16)20(28)22-2/h4-10H,11-12H2,1-3H3,(H,22,28)(H,23,26)(H,24,27). The predicted molar refractivity (Wildman–Crippen MR) is 113 cm³/mol. The van der Waals surface area contributed by atoms with Crippen LogP contribution in [0, 0.1) is 6.92 Å². The lowest BCUT2D eigenvalue weighted by Gasteiger charge is -2.17. The van der Waals surface area contributed by atoms with Gasteiger partial charge in [-0.2, -0.15) is 0 Å². The molecule has 2 aromatic carbocycles. The van der Waals surface area contributed by atoms with Gasteiger partial charge in [0.25, 0.3) is 5.91 Å². The second-order valence-corrected chi connectivity index (χ2v) is 7.30. The van der Waals surface area contributed by atoms with Gasteiger partial charge in [0.2, 0.25) is 11.8 Å². The van der Waals surface area contributed by atoms with Gasteiger partial charge in [0, 0.05) is 28.5 Å². The normalized spacial score (nSPS) is 10.5. The van der Waals surface area contributed by atoms with Crippen LogP contribution >= 0.6 is 15.9 Å². The van der Waals surface area contributed by atoms with Crippen molar-refractivity contribution < 1.29 is 14.4 Å². The molecule has 148 valence electrons. The first-order valence-electron chi connectivity index (χ1n) is 8.65. The van der Waals surface area contributed by atoms with Gasteiger partial charge in [0.1, 0.15) is 0 Å². The molecule has 7 nitrogen and oxygen atoms in total. The van der Waals surface area contributed by atoms with E-state index < -0.39 is 0 Å². The molecule has 8 heteroatoms. The summed E-state index contributed by atoms with van der Waals surface area (Å²) in [6.45, 7) is 2.02. The molecule has 0 aliphatic carbocycles. The van der Waals surface area contributed by atoms with Gasteiger partial charge in [-0.25, -0.2) is 0 Å². The number of halogens is 1. The van der Waals surface area contributed by atoms with Crippen LogP contribution in [0.15, 0.2) is 46.9 Å². The molecule has 0 spiro atoms. The van der Waals surface area contributed by atoms with Crippen molar-refractivity contribution in [3.63, 3.8) is 0 Å². The Balaban J connectivity index is 1.86.